The van der Waals surface area contributed by atoms with Gasteiger partial charge < -0.3 is 10.0 Å². The van der Waals surface area contributed by atoms with Crippen molar-refractivity contribution in [3.8, 4) is 0 Å². The van der Waals surface area contributed by atoms with Crippen molar-refractivity contribution in [1.29, 1.82) is 0 Å². The zero-order valence-electron chi connectivity index (χ0n) is 11.2. The van der Waals surface area contributed by atoms with Gasteiger partial charge in [-0.1, -0.05) is 24.6 Å². The Bertz CT molecular complexity index is 414. The molecule has 1 N–H and O–H groups in total. The van der Waals surface area contributed by atoms with Crippen molar-refractivity contribution in [3.63, 3.8) is 0 Å². The Kier molecular flexibility index (Phi) is 3.87. The Morgan fingerprint density at radius 3 is 2.56 bits per heavy atom. The number of hydrogen-bond acceptors (Lipinski definition) is 4. The van der Waals surface area contributed by atoms with Crippen LogP contribution in [0, 0.1) is 6.92 Å². The third-order valence-electron chi connectivity index (χ3n) is 3.36. The summed E-state index contributed by atoms with van der Waals surface area (Å²) in [7, 11) is 0. The van der Waals surface area contributed by atoms with E-state index in [1.54, 1.807) is 0 Å². The number of hydrogen-bond donors (Lipinski definition) is 1. The summed E-state index contributed by atoms with van der Waals surface area (Å²) in [6, 6.07) is 8.45. The van der Waals surface area contributed by atoms with Gasteiger partial charge in [-0.15, -0.1) is 0 Å². The van der Waals surface area contributed by atoms with E-state index in [4.69, 9.17) is 0 Å². The first kappa shape index (κ1) is 12.9. The van der Waals surface area contributed by atoms with E-state index in [0.29, 0.717) is 6.67 Å². The average molecular weight is 247 g/mol. The minimum atomic E-state index is -0.370. The molecule has 0 radical (unpaired) electrons. The van der Waals surface area contributed by atoms with Gasteiger partial charge in [0.15, 0.2) is 0 Å². The predicted molar refractivity (Wildman–Crippen MR) is 74.6 cm³/mol. The topological polar surface area (TPSA) is 39.1 Å². The summed E-state index contributed by atoms with van der Waals surface area (Å²) in [5.41, 5.74) is 2.38. The minimum absolute atomic E-state index is 0.0803. The zero-order chi connectivity index (χ0) is 13.1. The normalized spacial score (nSPS) is 18.2. The van der Waals surface area contributed by atoms with Crippen molar-refractivity contribution in [3.05, 3.63) is 29.8 Å². The lowest BCUT2D eigenvalue weighted by Gasteiger charge is -2.28. The fraction of sp³-hybridized carbons (Fsp3) is 0.500. The van der Waals surface area contributed by atoms with Gasteiger partial charge in [0.05, 0.1) is 12.1 Å². The minimum Gasteiger partial charge on any atom is -0.391 e. The Labute approximate surface area is 109 Å². The Hall–Kier alpha value is -1.55. The highest BCUT2D eigenvalue weighted by molar-refractivity contribution is 5.80. The molecule has 1 aliphatic heterocycles. The lowest BCUT2D eigenvalue weighted by Crippen LogP contribution is -2.40. The van der Waals surface area contributed by atoms with Crippen molar-refractivity contribution < 1.29 is 5.11 Å². The van der Waals surface area contributed by atoms with Crippen LogP contribution in [0.25, 0.3) is 0 Å². The number of anilines is 1. The van der Waals surface area contributed by atoms with Gasteiger partial charge in [-0.25, -0.2) is 0 Å². The summed E-state index contributed by atoms with van der Waals surface area (Å²) >= 11 is 0. The van der Waals surface area contributed by atoms with Gasteiger partial charge in [-0.2, -0.15) is 5.10 Å². The van der Waals surface area contributed by atoms with E-state index in [2.05, 4.69) is 48.1 Å². The first-order chi connectivity index (χ1) is 8.61. The molecule has 0 aromatic heterocycles. The van der Waals surface area contributed by atoms with E-state index in [-0.39, 0.29) is 12.1 Å². The molecule has 1 aliphatic rings. The van der Waals surface area contributed by atoms with Crippen LogP contribution >= 0.6 is 0 Å². The van der Waals surface area contributed by atoms with Crippen molar-refractivity contribution in [2.45, 2.75) is 39.3 Å². The molecule has 0 amide bonds. The van der Waals surface area contributed by atoms with Crippen LogP contribution in [0.3, 0.4) is 0 Å². The van der Waals surface area contributed by atoms with Crippen LogP contribution in [0.1, 0.15) is 25.8 Å². The molecule has 18 heavy (non-hydrogen) atoms. The second-order valence-corrected chi connectivity index (χ2v) is 4.83. The van der Waals surface area contributed by atoms with E-state index >= 15 is 0 Å². The standard InChI is InChI=1S/C14H21N3O/c1-4-14(12(3)18)17-10-16(9-15-17)13-7-5-11(2)6-8-13/h5-9,12,14,18H,4,10H2,1-3H3/t12-,14+/m1/s1. The first-order valence-corrected chi connectivity index (χ1v) is 6.44. The molecule has 4 heteroatoms. The van der Waals surface area contributed by atoms with Crippen LogP contribution in [0.15, 0.2) is 29.4 Å². The molecule has 0 saturated carbocycles. The van der Waals surface area contributed by atoms with Crippen molar-refractivity contribution in [1.82, 2.24) is 5.01 Å². The molecule has 1 aromatic rings. The van der Waals surface area contributed by atoms with Crippen LogP contribution in [-0.4, -0.2) is 35.3 Å². The maximum atomic E-state index is 9.73. The van der Waals surface area contributed by atoms with Gasteiger partial charge in [0.2, 0.25) is 0 Å². The monoisotopic (exact) mass is 247 g/mol. The third kappa shape index (κ3) is 2.64. The number of rotatable bonds is 4. The summed E-state index contributed by atoms with van der Waals surface area (Å²) in [5.74, 6) is 0. The van der Waals surface area contributed by atoms with E-state index in [1.807, 2.05) is 18.3 Å². The molecule has 2 rings (SSSR count). The smallest absolute Gasteiger partial charge is 0.117 e. The Morgan fingerprint density at radius 2 is 2.00 bits per heavy atom. The van der Waals surface area contributed by atoms with Gasteiger partial charge in [0, 0.05) is 5.69 Å². The van der Waals surface area contributed by atoms with Crippen molar-refractivity contribution in [2.24, 2.45) is 5.10 Å². The predicted octanol–water partition coefficient (Wildman–Crippen LogP) is 2.18. The number of aliphatic hydroxyl groups excluding tert-OH is 1. The third-order valence-corrected chi connectivity index (χ3v) is 3.36. The van der Waals surface area contributed by atoms with Crippen LogP contribution in [0.2, 0.25) is 0 Å². The van der Waals surface area contributed by atoms with Gasteiger partial charge in [0.1, 0.15) is 13.0 Å². The molecule has 0 saturated heterocycles. The molecule has 4 nitrogen and oxygen atoms in total. The molecular formula is C14H21N3O. The molecule has 0 fully saturated rings. The van der Waals surface area contributed by atoms with Crippen LogP contribution in [0.4, 0.5) is 5.69 Å². The second kappa shape index (κ2) is 5.40. The van der Waals surface area contributed by atoms with E-state index in [0.717, 1.165) is 12.1 Å². The van der Waals surface area contributed by atoms with E-state index in [1.165, 1.54) is 5.56 Å². The Morgan fingerprint density at radius 1 is 1.33 bits per heavy atom. The summed E-state index contributed by atoms with van der Waals surface area (Å²) in [6.45, 7) is 6.67. The lowest BCUT2D eigenvalue weighted by atomic mass is 10.1. The fourth-order valence-corrected chi connectivity index (χ4v) is 2.23. The number of hydrazone groups is 1. The van der Waals surface area contributed by atoms with Gasteiger partial charge >= 0.3 is 0 Å². The maximum absolute atomic E-state index is 9.73. The highest BCUT2D eigenvalue weighted by Gasteiger charge is 2.25. The number of aryl methyl sites for hydroxylation is 1. The van der Waals surface area contributed by atoms with Crippen LogP contribution in [-0.2, 0) is 0 Å². The first-order valence-electron chi connectivity index (χ1n) is 6.44. The van der Waals surface area contributed by atoms with Gasteiger partial charge in [-0.3, -0.25) is 5.01 Å². The molecule has 1 aromatic carbocycles. The average Bonchev–Trinajstić information content (AvgIpc) is 2.80. The second-order valence-electron chi connectivity index (χ2n) is 4.83. The van der Waals surface area contributed by atoms with Crippen LogP contribution in [0.5, 0.6) is 0 Å². The zero-order valence-corrected chi connectivity index (χ0v) is 11.2. The summed E-state index contributed by atoms with van der Waals surface area (Å²) in [4.78, 5) is 2.09. The Balaban J connectivity index is 2.05. The molecule has 0 aliphatic carbocycles. The number of benzene rings is 1. The summed E-state index contributed by atoms with van der Waals surface area (Å²) in [6.07, 6.45) is 2.34. The molecule has 2 atom stereocenters. The fourth-order valence-electron chi connectivity index (χ4n) is 2.23. The van der Waals surface area contributed by atoms with E-state index < -0.39 is 0 Å². The maximum Gasteiger partial charge on any atom is 0.117 e. The number of nitrogens with zero attached hydrogens (tertiary/aromatic N) is 3. The summed E-state index contributed by atoms with van der Waals surface area (Å²) < 4.78 is 0. The molecule has 98 valence electrons. The molecule has 1 heterocycles. The highest BCUT2D eigenvalue weighted by Crippen LogP contribution is 2.20. The molecule has 0 unspecified atom stereocenters. The van der Waals surface area contributed by atoms with Crippen molar-refractivity contribution in [2.75, 3.05) is 11.6 Å². The van der Waals surface area contributed by atoms with Gasteiger partial charge in [0.25, 0.3) is 0 Å². The lowest BCUT2D eigenvalue weighted by molar-refractivity contribution is 0.0672. The van der Waals surface area contributed by atoms with E-state index in [9.17, 15) is 5.11 Å². The van der Waals surface area contributed by atoms with Crippen LogP contribution < -0.4 is 4.90 Å². The number of aliphatic hydroxyl groups is 1. The van der Waals surface area contributed by atoms with Crippen molar-refractivity contribution >= 4 is 12.0 Å². The molecule has 0 bridgehead atoms. The molecular weight excluding hydrogens is 226 g/mol. The molecule has 0 spiro atoms. The largest absolute Gasteiger partial charge is 0.391 e. The quantitative estimate of drug-likeness (QED) is 0.886. The van der Waals surface area contributed by atoms with Gasteiger partial charge in [-0.05, 0) is 32.4 Å². The SMILES string of the molecule is CC[C@@H]([C@@H](C)O)N1CN(c2ccc(C)cc2)C=N1. The summed E-state index contributed by atoms with van der Waals surface area (Å²) in [5, 5.41) is 16.1. The highest BCUT2D eigenvalue weighted by atomic mass is 16.3.